The third-order valence-electron chi connectivity index (χ3n) is 5.91. The zero-order valence-electron chi connectivity index (χ0n) is 18.5. The van der Waals surface area contributed by atoms with Crippen LogP contribution in [0.15, 0.2) is 64.3 Å². The van der Waals surface area contributed by atoms with E-state index in [1.807, 2.05) is 17.5 Å². The molecule has 0 unspecified atom stereocenters. The number of esters is 1. The Morgan fingerprint density at radius 3 is 2.42 bits per heavy atom. The third kappa shape index (κ3) is 4.62. The van der Waals surface area contributed by atoms with Crippen LogP contribution in [0.4, 0.5) is 13.2 Å². The molecule has 2 atom stereocenters. The number of nitrogens with one attached hydrogen (secondary N) is 1. The molecule has 2 heterocycles. The Morgan fingerprint density at radius 2 is 1.85 bits per heavy atom. The van der Waals surface area contributed by atoms with Gasteiger partial charge in [-0.3, -0.25) is 4.79 Å². The van der Waals surface area contributed by atoms with Crippen molar-refractivity contribution < 1.29 is 27.5 Å². The molecule has 1 aliphatic heterocycles. The first-order valence-corrected chi connectivity index (χ1v) is 11.6. The second-order valence-electron chi connectivity index (χ2n) is 8.61. The first-order chi connectivity index (χ1) is 15.6. The van der Waals surface area contributed by atoms with Crippen molar-refractivity contribution in [1.82, 2.24) is 5.32 Å². The molecule has 0 bridgehead atoms. The van der Waals surface area contributed by atoms with Gasteiger partial charge in [0.15, 0.2) is 5.78 Å². The summed E-state index contributed by atoms with van der Waals surface area (Å²) < 4.78 is 44.8. The van der Waals surface area contributed by atoms with Crippen LogP contribution in [0.3, 0.4) is 0 Å². The molecule has 1 aromatic heterocycles. The van der Waals surface area contributed by atoms with E-state index >= 15 is 0 Å². The van der Waals surface area contributed by atoms with Gasteiger partial charge in [0.1, 0.15) is 0 Å². The molecule has 4 rings (SSSR count). The molecule has 0 saturated heterocycles. The van der Waals surface area contributed by atoms with Crippen LogP contribution in [0.5, 0.6) is 0 Å². The Balaban J connectivity index is 1.80. The van der Waals surface area contributed by atoms with Crippen molar-refractivity contribution in [2.45, 2.75) is 57.7 Å². The molecule has 0 spiro atoms. The smallest absolute Gasteiger partial charge is 0.416 e. The molecule has 1 N–H and O–H groups in total. The van der Waals surface area contributed by atoms with Crippen LogP contribution in [0, 0.1) is 0 Å². The van der Waals surface area contributed by atoms with E-state index in [4.69, 9.17) is 4.74 Å². The lowest BCUT2D eigenvalue weighted by Gasteiger charge is -2.36. The van der Waals surface area contributed by atoms with Gasteiger partial charge in [-0.25, -0.2) is 4.79 Å². The van der Waals surface area contributed by atoms with Crippen molar-refractivity contribution in [3.8, 4) is 0 Å². The number of benzene rings is 1. The predicted molar refractivity (Wildman–Crippen MR) is 120 cm³/mol. The van der Waals surface area contributed by atoms with Crippen molar-refractivity contribution >= 4 is 23.1 Å². The van der Waals surface area contributed by atoms with E-state index in [1.54, 1.807) is 32.1 Å². The Bertz CT molecular complexity index is 1130. The topological polar surface area (TPSA) is 55.4 Å². The standard InChI is InChI=1S/C25H24F3NO3S/c1-13(2)32-24(31)21-14(3)29-18-11-16(20-5-4-10-33-20)12-19(30)23(18)22(21)15-6-8-17(9-7-15)25(26,27)28/h4-10,13,16,22,29H,11-12H2,1-3H3/t16-,22+/m0/s1. The van der Waals surface area contributed by atoms with Gasteiger partial charge in [0.2, 0.25) is 0 Å². The maximum absolute atomic E-state index is 13.4. The SMILES string of the molecule is CC1=C(C(=O)OC(C)C)[C@@H](c2ccc(C(F)(F)F)cc2)C2=C(C[C@H](c3cccs3)CC2=O)N1. The number of carbonyl (C=O) groups excluding carboxylic acids is 2. The van der Waals surface area contributed by atoms with E-state index in [0.717, 1.165) is 17.0 Å². The molecule has 174 valence electrons. The van der Waals surface area contributed by atoms with E-state index < -0.39 is 23.6 Å². The van der Waals surface area contributed by atoms with Crippen molar-refractivity contribution in [2.24, 2.45) is 0 Å². The summed E-state index contributed by atoms with van der Waals surface area (Å²) in [6.07, 6.45) is -3.99. The molecule has 0 amide bonds. The average molecular weight is 476 g/mol. The fourth-order valence-electron chi connectivity index (χ4n) is 4.51. The van der Waals surface area contributed by atoms with Crippen LogP contribution >= 0.6 is 11.3 Å². The minimum atomic E-state index is -4.48. The van der Waals surface area contributed by atoms with Gasteiger partial charge in [-0.2, -0.15) is 13.2 Å². The van der Waals surface area contributed by atoms with Gasteiger partial charge in [0.05, 0.1) is 17.2 Å². The van der Waals surface area contributed by atoms with Gasteiger partial charge in [0, 0.05) is 40.1 Å². The summed E-state index contributed by atoms with van der Waals surface area (Å²) >= 11 is 1.59. The first kappa shape index (κ1) is 23.3. The molecule has 1 aliphatic carbocycles. The summed E-state index contributed by atoms with van der Waals surface area (Å²) in [5.41, 5.74) is 1.62. The largest absolute Gasteiger partial charge is 0.460 e. The lowest BCUT2D eigenvalue weighted by molar-refractivity contribution is -0.143. The summed E-state index contributed by atoms with van der Waals surface area (Å²) in [6.45, 7) is 5.18. The minimum Gasteiger partial charge on any atom is -0.460 e. The van der Waals surface area contributed by atoms with Crippen molar-refractivity contribution in [1.29, 1.82) is 0 Å². The molecule has 2 aromatic rings. The number of thiophene rings is 1. The second kappa shape index (κ2) is 8.82. The summed E-state index contributed by atoms with van der Waals surface area (Å²) in [6, 6.07) is 8.60. The summed E-state index contributed by atoms with van der Waals surface area (Å²) in [7, 11) is 0. The normalized spacial score (nSPS) is 21.2. The molecule has 8 heteroatoms. The number of allylic oxidation sites excluding steroid dienone is 3. The number of dihydropyridines is 1. The lowest BCUT2D eigenvalue weighted by atomic mass is 9.72. The van der Waals surface area contributed by atoms with Crippen LogP contribution < -0.4 is 5.32 Å². The average Bonchev–Trinajstić information content (AvgIpc) is 3.26. The molecule has 0 radical (unpaired) electrons. The number of Topliss-reactive ketones (excluding diaryl/α,β-unsaturated/α-hetero) is 1. The van der Waals surface area contributed by atoms with Crippen LogP contribution in [0.2, 0.25) is 0 Å². The van der Waals surface area contributed by atoms with Crippen molar-refractivity contribution in [2.75, 3.05) is 0 Å². The molecule has 1 aromatic carbocycles. The second-order valence-corrected chi connectivity index (χ2v) is 9.59. The Morgan fingerprint density at radius 1 is 1.15 bits per heavy atom. The highest BCUT2D eigenvalue weighted by Gasteiger charge is 2.42. The summed E-state index contributed by atoms with van der Waals surface area (Å²) in [5, 5.41) is 5.21. The van der Waals surface area contributed by atoms with Crippen LogP contribution in [-0.2, 0) is 20.5 Å². The minimum absolute atomic E-state index is 0.0222. The van der Waals surface area contributed by atoms with Gasteiger partial charge < -0.3 is 10.1 Å². The van der Waals surface area contributed by atoms with Gasteiger partial charge in [-0.15, -0.1) is 11.3 Å². The van der Waals surface area contributed by atoms with E-state index in [1.165, 1.54) is 12.1 Å². The number of rotatable bonds is 4. The van der Waals surface area contributed by atoms with Gasteiger partial charge in [0.25, 0.3) is 0 Å². The number of halogens is 3. The molecule has 0 fully saturated rings. The van der Waals surface area contributed by atoms with E-state index in [0.29, 0.717) is 29.0 Å². The number of ether oxygens (including phenoxy) is 1. The number of carbonyl (C=O) groups is 2. The summed E-state index contributed by atoms with van der Waals surface area (Å²) in [4.78, 5) is 27.5. The Hall–Kier alpha value is -2.87. The molecular weight excluding hydrogens is 451 g/mol. The van der Waals surface area contributed by atoms with Gasteiger partial charge >= 0.3 is 12.1 Å². The predicted octanol–water partition coefficient (Wildman–Crippen LogP) is 6.08. The van der Waals surface area contributed by atoms with Gasteiger partial charge in [-0.1, -0.05) is 18.2 Å². The maximum Gasteiger partial charge on any atom is 0.416 e. The highest BCUT2D eigenvalue weighted by molar-refractivity contribution is 7.10. The summed E-state index contributed by atoms with van der Waals surface area (Å²) in [5.74, 6) is -1.46. The number of ketones is 1. The quantitative estimate of drug-likeness (QED) is 0.545. The Labute approximate surface area is 194 Å². The molecule has 2 aliphatic rings. The zero-order valence-corrected chi connectivity index (χ0v) is 19.3. The molecule has 33 heavy (non-hydrogen) atoms. The van der Waals surface area contributed by atoms with Gasteiger partial charge in [-0.05, 0) is 56.3 Å². The van der Waals surface area contributed by atoms with Crippen LogP contribution in [0.1, 0.15) is 61.5 Å². The number of hydrogen-bond donors (Lipinski definition) is 1. The van der Waals surface area contributed by atoms with Crippen molar-refractivity contribution in [3.05, 3.63) is 80.3 Å². The maximum atomic E-state index is 13.4. The highest BCUT2D eigenvalue weighted by Crippen LogP contribution is 2.46. The number of alkyl halides is 3. The van der Waals surface area contributed by atoms with Crippen LogP contribution in [-0.4, -0.2) is 17.9 Å². The van der Waals surface area contributed by atoms with E-state index in [2.05, 4.69) is 5.32 Å². The highest BCUT2D eigenvalue weighted by atomic mass is 32.1. The third-order valence-corrected chi connectivity index (χ3v) is 6.94. The van der Waals surface area contributed by atoms with E-state index in [9.17, 15) is 22.8 Å². The Kier molecular flexibility index (Phi) is 6.22. The monoisotopic (exact) mass is 475 g/mol. The number of hydrogen-bond acceptors (Lipinski definition) is 5. The lowest BCUT2D eigenvalue weighted by Crippen LogP contribution is -2.36. The molecule has 4 nitrogen and oxygen atoms in total. The fraction of sp³-hybridized carbons (Fsp3) is 0.360. The van der Waals surface area contributed by atoms with Crippen molar-refractivity contribution in [3.63, 3.8) is 0 Å². The van der Waals surface area contributed by atoms with E-state index in [-0.39, 0.29) is 29.8 Å². The molecular formula is C25H24F3NO3S. The molecule has 0 saturated carbocycles. The zero-order chi connectivity index (χ0) is 23.9. The first-order valence-electron chi connectivity index (χ1n) is 10.7. The van der Waals surface area contributed by atoms with Crippen LogP contribution in [0.25, 0.3) is 0 Å². The fourth-order valence-corrected chi connectivity index (χ4v) is 5.34.